The molecule has 0 radical (unpaired) electrons. The van der Waals surface area contributed by atoms with Crippen LogP contribution in [0.25, 0.3) is 11.1 Å². The highest BCUT2D eigenvalue weighted by Crippen LogP contribution is 2.23. The van der Waals surface area contributed by atoms with Crippen molar-refractivity contribution in [1.29, 1.82) is 0 Å². The summed E-state index contributed by atoms with van der Waals surface area (Å²) in [7, 11) is 0. The van der Waals surface area contributed by atoms with Crippen molar-refractivity contribution in [2.75, 3.05) is 0 Å². The molecular formula is C15H15ClFN. The van der Waals surface area contributed by atoms with Crippen molar-refractivity contribution in [2.45, 2.75) is 26.2 Å². The molecule has 18 heavy (non-hydrogen) atoms. The van der Waals surface area contributed by atoms with Crippen LogP contribution < -0.4 is 0 Å². The molecule has 94 valence electrons. The Labute approximate surface area is 112 Å². The smallest absolute Gasteiger partial charge is 0.207 e. The van der Waals surface area contributed by atoms with Crippen molar-refractivity contribution in [2.24, 2.45) is 0 Å². The van der Waals surface area contributed by atoms with Gasteiger partial charge in [-0.15, -0.1) is 0 Å². The highest BCUT2D eigenvalue weighted by molar-refractivity contribution is 6.29. The van der Waals surface area contributed by atoms with Crippen LogP contribution in [0, 0.1) is 5.95 Å². The number of nitrogens with zero attached hydrogens (tertiary/aromatic N) is 1. The summed E-state index contributed by atoms with van der Waals surface area (Å²) >= 11 is 5.64. The quantitative estimate of drug-likeness (QED) is 0.716. The second-order valence-electron chi connectivity index (χ2n) is 4.27. The molecule has 0 spiro atoms. The molecule has 0 bridgehead atoms. The van der Waals surface area contributed by atoms with Crippen LogP contribution in [0.2, 0.25) is 5.15 Å². The summed E-state index contributed by atoms with van der Waals surface area (Å²) in [6.07, 6.45) is 3.42. The number of pyridine rings is 1. The van der Waals surface area contributed by atoms with Gasteiger partial charge in [0.15, 0.2) is 0 Å². The summed E-state index contributed by atoms with van der Waals surface area (Å²) in [5.41, 5.74) is 2.60. The van der Waals surface area contributed by atoms with Crippen molar-refractivity contribution in [3.05, 3.63) is 53.1 Å². The molecule has 0 fully saturated rings. The summed E-state index contributed by atoms with van der Waals surface area (Å²) in [6.45, 7) is 2.17. The van der Waals surface area contributed by atoms with Crippen LogP contribution >= 0.6 is 11.6 Å². The van der Waals surface area contributed by atoms with Gasteiger partial charge in [-0.2, -0.15) is 4.39 Å². The average molecular weight is 264 g/mol. The third-order valence-electron chi connectivity index (χ3n) is 2.90. The first-order valence-corrected chi connectivity index (χ1v) is 6.50. The zero-order chi connectivity index (χ0) is 13.0. The monoisotopic (exact) mass is 263 g/mol. The van der Waals surface area contributed by atoms with Gasteiger partial charge in [-0.1, -0.05) is 49.2 Å². The van der Waals surface area contributed by atoms with Gasteiger partial charge in [-0.3, -0.25) is 0 Å². The average Bonchev–Trinajstić information content (AvgIpc) is 2.37. The summed E-state index contributed by atoms with van der Waals surface area (Å²) in [4.78, 5) is 3.62. The Bertz CT molecular complexity index is 523. The largest absolute Gasteiger partial charge is 0.222 e. The van der Waals surface area contributed by atoms with E-state index in [2.05, 4.69) is 11.9 Å². The number of aryl methyl sites for hydroxylation is 1. The molecule has 1 heterocycles. The lowest BCUT2D eigenvalue weighted by Gasteiger charge is -2.05. The maximum atomic E-state index is 13.6. The molecular weight excluding hydrogens is 249 g/mol. The first-order valence-electron chi connectivity index (χ1n) is 6.12. The van der Waals surface area contributed by atoms with E-state index in [0.29, 0.717) is 5.56 Å². The van der Waals surface area contributed by atoms with E-state index in [0.717, 1.165) is 12.0 Å². The number of halogens is 2. The van der Waals surface area contributed by atoms with Gasteiger partial charge in [-0.25, -0.2) is 4.98 Å². The van der Waals surface area contributed by atoms with Crippen LogP contribution in [0.4, 0.5) is 4.39 Å². The fourth-order valence-electron chi connectivity index (χ4n) is 1.86. The van der Waals surface area contributed by atoms with E-state index >= 15 is 0 Å². The lowest BCUT2D eigenvalue weighted by Crippen LogP contribution is -1.90. The van der Waals surface area contributed by atoms with Gasteiger partial charge in [0, 0.05) is 5.56 Å². The molecule has 2 aromatic rings. The molecule has 0 N–H and O–H groups in total. The van der Waals surface area contributed by atoms with Crippen molar-refractivity contribution >= 4 is 11.6 Å². The van der Waals surface area contributed by atoms with E-state index in [1.54, 1.807) is 12.1 Å². The first kappa shape index (κ1) is 13.0. The van der Waals surface area contributed by atoms with Crippen molar-refractivity contribution in [1.82, 2.24) is 4.98 Å². The fourth-order valence-corrected chi connectivity index (χ4v) is 2.00. The summed E-state index contributed by atoms with van der Waals surface area (Å²) in [5, 5.41) is 0.177. The van der Waals surface area contributed by atoms with Gasteiger partial charge in [0.2, 0.25) is 5.95 Å². The maximum absolute atomic E-state index is 13.6. The van der Waals surface area contributed by atoms with Crippen LogP contribution in [0.1, 0.15) is 25.3 Å². The van der Waals surface area contributed by atoms with Gasteiger partial charge in [0.05, 0.1) is 0 Å². The van der Waals surface area contributed by atoms with Crippen LogP contribution in [0.5, 0.6) is 0 Å². The number of hydrogen-bond acceptors (Lipinski definition) is 1. The lowest BCUT2D eigenvalue weighted by molar-refractivity contribution is 0.588. The van der Waals surface area contributed by atoms with Crippen LogP contribution in [0.3, 0.4) is 0 Å². The standard InChI is InChI=1S/C15H15ClFN/c1-2-3-4-11-5-7-12(8-6-11)13-9-10-14(16)18-15(13)17/h5-10H,2-4H2,1H3. The molecule has 0 aliphatic carbocycles. The minimum Gasteiger partial charge on any atom is -0.207 e. The van der Waals surface area contributed by atoms with E-state index in [1.807, 2.05) is 24.3 Å². The Hall–Kier alpha value is -1.41. The molecule has 1 aromatic carbocycles. The maximum Gasteiger partial charge on any atom is 0.222 e. The Balaban J connectivity index is 2.23. The zero-order valence-electron chi connectivity index (χ0n) is 10.3. The van der Waals surface area contributed by atoms with Gasteiger partial charge < -0.3 is 0 Å². The SMILES string of the molecule is CCCCc1ccc(-c2ccc(Cl)nc2F)cc1. The number of rotatable bonds is 4. The van der Waals surface area contributed by atoms with Crippen molar-refractivity contribution in [3.8, 4) is 11.1 Å². The molecule has 1 aromatic heterocycles. The van der Waals surface area contributed by atoms with Gasteiger partial charge >= 0.3 is 0 Å². The number of hydrogen-bond donors (Lipinski definition) is 0. The minimum atomic E-state index is -0.524. The topological polar surface area (TPSA) is 12.9 Å². The normalized spacial score (nSPS) is 10.6. The van der Waals surface area contributed by atoms with Gasteiger partial charge in [-0.05, 0) is 36.1 Å². The molecule has 0 aliphatic rings. The molecule has 0 saturated carbocycles. The molecule has 0 unspecified atom stereocenters. The van der Waals surface area contributed by atoms with E-state index in [-0.39, 0.29) is 5.15 Å². The highest BCUT2D eigenvalue weighted by atomic mass is 35.5. The van der Waals surface area contributed by atoms with Crippen molar-refractivity contribution in [3.63, 3.8) is 0 Å². The Morgan fingerprint density at radius 3 is 2.44 bits per heavy atom. The summed E-state index contributed by atoms with van der Waals surface area (Å²) in [5.74, 6) is -0.524. The number of aromatic nitrogens is 1. The first-order chi connectivity index (χ1) is 8.70. The summed E-state index contributed by atoms with van der Waals surface area (Å²) < 4.78 is 13.6. The number of unbranched alkanes of at least 4 members (excludes halogenated alkanes) is 1. The second kappa shape index (κ2) is 5.96. The predicted molar refractivity (Wildman–Crippen MR) is 73.3 cm³/mol. The molecule has 3 heteroatoms. The van der Waals surface area contributed by atoms with E-state index in [1.165, 1.54) is 18.4 Å². The third-order valence-corrected chi connectivity index (χ3v) is 3.11. The molecule has 0 saturated heterocycles. The second-order valence-corrected chi connectivity index (χ2v) is 4.66. The van der Waals surface area contributed by atoms with Gasteiger partial charge in [0.25, 0.3) is 0 Å². The molecule has 2 rings (SSSR count). The number of benzene rings is 1. The lowest BCUT2D eigenvalue weighted by atomic mass is 10.0. The Morgan fingerprint density at radius 1 is 1.11 bits per heavy atom. The van der Waals surface area contributed by atoms with Gasteiger partial charge in [0.1, 0.15) is 5.15 Å². The van der Waals surface area contributed by atoms with Crippen LogP contribution in [0.15, 0.2) is 36.4 Å². The third kappa shape index (κ3) is 3.08. The zero-order valence-corrected chi connectivity index (χ0v) is 11.0. The molecule has 0 atom stereocenters. The highest BCUT2D eigenvalue weighted by Gasteiger charge is 2.06. The predicted octanol–water partition coefficient (Wildman–Crippen LogP) is 4.88. The van der Waals surface area contributed by atoms with E-state index in [9.17, 15) is 4.39 Å². The molecule has 0 aliphatic heterocycles. The van der Waals surface area contributed by atoms with Crippen LogP contribution in [-0.4, -0.2) is 4.98 Å². The Kier molecular flexibility index (Phi) is 4.32. The van der Waals surface area contributed by atoms with E-state index in [4.69, 9.17) is 11.6 Å². The molecule has 1 nitrogen and oxygen atoms in total. The Morgan fingerprint density at radius 2 is 1.83 bits per heavy atom. The fraction of sp³-hybridized carbons (Fsp3) is 0.267. The van der Waals surface area contributed by atoms with Crippen LogP contribution in [-0.2, 0) is 6.42 Å². The minimum absolute atomic E-state index is 0.177. The van der Waals surface area contributed by atoms with Crippen molar-refractivity contribution < 1.29 is 4.39 Å². The van der Waals surface area contributed by atoms with E-state index < -0.39 is 5.95 Å². The molecule has 0 amide bonds. The summed E-state index contributed by atoms with van der Waals surface area (Å²) in [6, 6.07) is 11.2.